The zero-order valence-corrected chi connectivity index (χ0v) is 12.4. The summed E-state index contributed by atoms with van der Waals surface area (Å²) in [5.41, 5.74) is -0.406. The Morgan fingerprint density at radius 3 is 2.38 bits per heavy atom. The molecule has 1 unspecified atom stereocenters. The highest BCUT2D eigenvalue weighted by atomic mass is 16.4. The number of nitrogens with one attached hydrogen (secondary N) is 1. The van der Waals surface area contributed by atoms with Gasteiger partial charge in [-0.2, -0.15) is 0 Å². The molecule has 6 heteroatoms. The monoisotopic (exact) mass is 294 g/mol. The molecule has 1 aromatic rings. The van der Waals surface area contributed by atoms with Gasteiger partial charge in [-0.1, -0.05) is 37.3 Å². The molecule has 0 fully saturated rings. The van der Waals surface area contributed by atoms with Crippen LogP contribution in [0.2, 0.25) is 0 Å². The average Bonchev–Trinajstić information content (AvgIpc) is 2.47. The zero-order chi connectivity index (χ0) is 15.9. The number of carbonyl (C=O) groups is 2. The summed E-state index contributed by atoms with van der Waals surface area (Å²) in [7, 11) is 0. The molecule has 6 nitrogen and oxygen atoms in total. The van der Waals surface area contributed by atoms with Crippen molar-refractivity contribution in [3.8, 4) is 0 Å². The Labute approximate surface area is 124 Å². The molecule has 21 heavy (non-hydrogen) atoms. The first kappa shape index (κ1) is 17.0. The molecule has 0 saturated heterocycles. The maximum absolute atomic E-state index is 12.3. The van der Waals surface area contributed by atoms with Crippen LogP contribution >= 0.6 is 0 Å². The lowest BCUT2D eigenvalue weighted by Crippen LogP contribution is -2.56. The Kier molecular flexibility index (Phi) is 6.17. The van der Waals surface area contributed by atoms with Crippen LogP contribution in [0.3, 0.4) is 0 Å². The van der Waals surface area contributed by atoms with Crippen LogP contribution in [0, 0.1) is 0 Å². The standard InChI is InChI=1S/C15H22N2O4/c1-3-15(2,13(19)20)16-14(21)17(9-10-18)11-12-7-5-4-6-8-12/h4-8,18H,3,9-11H2,1-2H3,(H,16,21)(H,19,20). The van der Waals surface area contributed by atoms with Gasteiger partial charge in [-0.05, 0) is 18.9 Å². The van der Waals surface area contributed by atoms with Gasteiger partial charge in [-0.25, -0.2) is 9.59 Å². The van der Waals surface area contributed by atoms with Crippen LogP contribution < -0.4 is 5.32 Å². The number of aliphatic hydroxyl groups is 1. The van der Waals surface area contributed by atoms with Crippen molar-refractivity contribution >= 4 is 12.0 Å². The van der Waals surface area contributed by atoms with Crippen molar-refractivity contribution in [2.24, 2.45) is 0 Å². The number of carboxylic acids is 1. The molecular weight excluding hydrogens is 272 g/mol. The number of hydrogen-bond donors (Lipinski definition) is 3. The maximum atomic E-state index is 12.3. The van der Waals surface area contributed by atoms with Crippen LogP contribution in [0.4, 0.5) is 4.79 Å². The Hall–Kier alpha value is -2.08. The predicted molar refractivity (Wildman–Crippen MR) is 78.8 cm³/mol. The van der Waals surface area contributed by atoms with Crippen LogP contribution in [-0.4, -0.2) is 45.8 Å². The van der Waals surface area contributed by atoms with E-state index in [1.165, 1.54) is 11.8 Å². The number of carboxylic acid groups (broad SMARTS) is 1. The van der Waals surface area contributed by atoms with Crippen LogP contribution in [0.15, 0.2) is 30.3 Å². The van der Waals surface area contributed by atoms with E-state index in [4.69, 9.17) is 5.11 Å². The quantitative estimate of drug-likeness (QED) is 0.710. The molecule has 116 valence electrons. The third-order valence-electron chi connectivity index (χ3n) is 3.44. The minimum Gasteiger partial charge on any atom is -0.480 e. The van der Waals surface area contributed by atoms with E-state index < -0.39 is 17.5 Å². The smallest absolute Gasteiger partial charge is 0.329 e. The number of urea groups is 1. The van der Waals surface area contributed by atoms with E-state index in [0.717, 1.165) is 5.56 Å². The summed E-state index contributed by atoms with van der Waals surface area (Å²) in [5, 5.41) is 20.8. The van der Waals surface area contributed by atoms with Crippen molar-refractivity contribution in [1.29, 1.82) is 0 Å². The van der Waals surface area contributed by atoms with E-state index in [1.54, 1.807) is 6.92 Å². The fourth-order valence-corrected chi connectivity index (χ4v) is 1.79. The van der Waals surface area contributed by atoms with Crippen molar-refractivity contribution in [3.05, 3.63) is 35.9 Å². The molecular formula is C15H22N2O4. The molecule has 2 amide bonds. The number of hydrogen-bond acceptors (Lipinski definition) is 3. The van der Waals surface area contributed by atoms with Gasteiger partial charge in [-0.3, -0.25) is 0 Å². The van der Waals surface area contributed by atoms with Crippen molar-refractivity contribution < 1.29 is 19.8 Å². The highest BCUT2D eigenvalue weighted by Crippen LogP contribution is 2.11. The zero-order valence-electron chi connectivity index (χ0n) is 12.4. The summed E-state index contributed by atoms with van der Waals surface area (Å²) in [6.07, 6.45) is 0.270. The number of benzene rings is 1. The second-order valence-corrected chi connectivity index (χ2v) is 5.05. The van der Waals surface area contributed by atoms with Gasteiger partial charge >= 0.3 is 12.0 Å². The summed E-state index contributed by atoms with van der Waals surface area (Å²) < 4.78 is 0. The largest absolute Gasteiger partial charge is 0.480 e. The van der Waals surface area contributed by atoms with E-state index in [9.17, 15) is 14.7 Å². The molecule has 0 aromatic heterocycles. The van der Waals surface area contributed by atoms with Gasteiger partial charge in [0.2, 0.25) is 0 Å². The lowest BCUT2D eigenvalue weighted by Gasteiger charge is -2.29. The molecule has 0 radical (unpaired) electrons. The molecule has 0 aliphatic carbocycles. The summed E-state index contributed by atoms with van der Waals surface area (Å²) in [5.74, 6) is -1.08. The van der Waals surface area contributed by atoms with Crippen molar-refractivity contribution in [1.82, 2.24) is 10.2 Å². The highest BCUT2D eigenvalue weighted by molar-refractivity contribution is 5.85. The lowest BCUT2D eigenvalue weighted by atomic mass is 10.00. The number of aliphatic hydroxyl groups excluding tert-OH is 1. The fraction of sp³-hybridized carbons (Fsp3) is 0.467. The third-order valence-corrected chi connectivity index (χ3v) is 3.44. The number of rotatable bonds is 7. The number of aliphatic carboxylic acids is 1. The molecule has 1 aromatic carbocycles. The topological polar surface area (TPSA) is 89.9 Å². The third kappa shape index (κ3) is 4.75. The van der Waals surface area contributed by atoms with Gasteiger partial charge < -0.3 is 20.4 Å². The summed E-state index contributed by atoms with van der Waals surface area (Å²) >= 11 is 0. The van der Waals surface area contributed by atoms with Gasteiger partial charge in [-0.15, -0.1) is 0 Å². The Morgan fingerprint density at radius 2 is 1.90 bits per heavy atom. The van der Waals surface area contributed by atoms with Gasteiger partial charge in [0.1, 0.15) is 5.54 Å². The highest BCUT2D eigenvalue weighted by Gasteiger charge is 2.34. The molecule has 0 saturated carbocycles. The van der Waals surface area contributed by atoms with E-state index in [-0.39, 0.29) is 19.6 Å². The average molecular weight is 294 g/mol. The second-order valence-electron chi connectivity index (χ2n) is 5.05. The molecule has 0 aliphatic rings. The van der Waals surface area contributed by atoms with Crippen molar-refractivity contribution in [3.63, 3.8) is 0 Å². The van der Waals surface area contributed by atoms with Crippen LogP contribution in [0.25, 0.3) is 0 Å². The van der Waals surface area contributed by atoms with Crippen LogP contribution in [0.5, 0.6) is 0 Å². The van der Waals surface area contributed by atoms with E-state index in [0.29, 0.717) is 6.54 Å². The molecule has 3 N–H and O–H groups in total. The number of amides is 2. The SMILES string of the molecule is CCC(C)(NC(=O)N(CCO)Cc1ccccc1)C(=O)O. The van der Waals surface area contributed by atoms with Crippen molar-refractivity contribution in [2.45, 2.75) is 32.4 Å². The minimum absolute atomic E-state index is 0.139. The normalized spacial score (nSPS) is 13.3. The van der Waals surface area contributed by atoms with Gasteiger partial charge in [0.25, 0.3) is 0 Å². The molecule has 0 spiro atoms. The molecule has 0 heterocycles. The Morgan fingerprint density at radius 1 is 1.29 bits per heavy atom. The first-order chi connectivity index (χ1) is 9.92. The second kappa shape index (κ2) is 7.64. The molecule has 1 atom stereocenters. The van der Waals surface area contributed by atoms with E-state index in [1.807, 2.05) is 30.3 Å². The molecule has 1 rings (SSSR count). The first-order valence-electron chi connectivity index (χ1n) is 6.88. The Balaban J connectivity index is 2.80. The fourth-order valence-electron chi connectivity index (χ4n) is 1.79. The lowest BCUT2D eigenvalue weighted by molar-refractivity contribution is -0.143. The first-order valence-corrected chi connectivity index (χ1v) is 6.88. The van der Waals surface area contributed by atoms with Gasteiger partial charge in [0.15, 0.2) is 0 Å². The summed E-state index contributed by atoms with van der Waals surface area (Å²) in [4.78, 5) is 24.9. The summed E-state index contributed by atoms with van der Waals surface area (Å²) in [6, 6.07) is 8.83. The minimum atomic E-state index is -1.32. The van der Waals surface area contributed by atoms with Gasteiger partial charge in [0, 0.05) is 13.1 Å². The predicted octanol–water partition coefficient (Wildman–Crippen LogP) is 1.44. The van der Waals surface area contributed by atoms with Crippen molar-refractivity contribution in [2.75, 3.05) is 13.2 Å². The maximum Gasteiger partial charge on any atom is 0.329 e. The van der Waals surface area contributed by atoms with Crippen LogP contribution in [0.1, 0.15) is 25.8 Å². The Bertz CT molecular complexity index is 478. The number of carbonyl (C=O) groups excluding carboxylic acids is 1. The summed E-state index contributed by atoms with van der Waals surface area (Å²) in [6.45, 7) is 3.43. The number of nitrogens with zero attached hydrogens (tertiary/aromatic N) is 1. The van der Waals surface area contributed by atoms with Crippen LogP contribution in [-0.2, 0) is 11.3 Å². The molecule has 0 bridgehead atoms. The van der Waals surface area contributed by atoms with E-state index in [2.05, 4.69) is 5.32 Å². The van der Waals surface area contributed by atoms with Gasteiger partial charge in [0.05, 0.1) is 6.61 Å². The van der Waals surface area contributed by atoms with E-state index >= 15 is 0 Å². The molecule has 0 aliphatic heterocycles.